The number of nitrogens with zero attached hydrogens (tertiary/aromatic N) is 3. The molecule has 23 heavy (non-hydrogen) atoms. The molecule has 0 aromatic carbocycles. The minimum atomic E-state index is -0.212. The number of rotatable bonds is 4. The fourth-order valence-electron chi connectivity index (χ4n) is 2.28. The number of hydrogen-bond acceptors (Lipinski definition) is 6. The number of carbonyl (C=O) groups is 1. The molecule has 0 saturated heterocycles. The first-order valence-corrected chi connectivity index (χ1v) is 6.89. The molecule has 0 amide bonds. The molecule has 0 spiro atoms. The van der Waals surface area contributed by atoms with Gasteiger partial charge in [-0.05, 0) is 24.6 Å². The third-order valence-electron chi connectivity index (χ3n) is 3.36. The predicted molar refractivity (Wildman–Crippen MR) is 84.8 cm³/mol. The lowest BCUT2D eigenvalue weighted by Gasteiger charge is -2.10. The maximum atomic E-state index is 12.3. The number of nitrogens with one attached hydrogen (secondary N) is 1. The van der Waals surface area contributed by atoms with Crippen LogP contribution in [0.1, 0.15) is 16.1 Å². The summed E-state index contributed by atoms with van der Waals surface area (Å²) in [6.45, 7) is 1.76. The van der Waals surface area contributed by atoms with Crippen LogP contribution in [0.2, 0.25) is 0 Å². The highest BCUT2D eigenvalue weighted by molar-refractivity contribution is 5.87. The van der Waals surface area contributed by atoms with E-state index in [9.17, 15) is 9.59 Å². The van der Waals surface area contributed by atoms with Crippen LogP contribution in [0.25, 0.3) is 11.1 Å². The maximum Gasteiger partial charge on any atom is 0.274 e. The van der Waals surface area contributed by atoms with Crippen LogP contribution in [-0.2, 0) is 7.05 Å². The predicted octanol–water partition coefficient (Wildman–Crippen LogP) is 2.30. The second-order valence-electron chi connectivity index (χ2n) is 5.09. The number of carbonyl (C=O) groups excluding carboxylic acids is 1. The van der Waals surface area contributed by atoms with E-state index in [-0.39, 0.29) is 5.56 Å². The van der Waals surface area contributed by atoms with E-state index in [1.165, 1.54) is 10.8 Å². The highest BCUT2D eigenvalue weighted by Gasteiger charge is 2.11. The zero-order valence-corrected chi connectivity index (χ0v) is 12.6. The Morgan fingerprint density at radius 2 is 2.17 bits per heavy atom. The lowest BCUT2D eigenvalue weighted by atomic mass is 10.0. The van der Waals surface area contributed by atoms with Crippen molar-refractivity contribution in [2.24, 2.45) is 7.05 Å². The van der Waals surface area contributed by atoms with Crippen molar-refractivity contribution < 1.29 is 9.32 Å². The van der Waals surface area contributed by atoms with Crippen molar-refractivity contribution in [2.45, 2.75) is 6.92 Å². The second-order valence-corrected chi connectivity index (χ2v) is 5.09. The largest absolute Gasteiger partial charge is 0.360 e. The first-order chi connectivity index (χ1) is 11.1. The van der Waals surface area contributed by atoms with Crippen LogP contribution >= 0.6 is 0 Å². The van der Waals surface area contributed by atoms with Crippen LogP contribution in [0.4, 0.5) is 11.5 Å². The lowest BCUT2D eigenvalue weighted by Crippen LogP contribution is -2.19. The zero-order valence-electron chi connectivity index (χ0n) is 12.6. The Balaban J connectivity index is 2.09. The Morgan fingerprint density at radius 3 is 2.87 bits per heavy atom. The SMILES string of the molecule is Cc1cc(Nc2cc(-c3ccncc3C=O)cn(C)c2=O)no1. The van der Waals surface area contributed by atoms with Gasteiger partial charge in [-0.1, -0.05) is 5.16 Å². The molecule has 0 saturated carbocycles. The summed E-state index contributed by atoms with van der Waals surface area (Å²) in [6.07, 6.45) is 5.49. The number of aromatic nitrogens is 3. The number of aryl methyl sites for hydroxylation is 2. The zero-order chi connectivity index (χ0) is 16.4. The maximum absolute atomic E-state index is 12.3. The Kier molecular flexibility index (Phi) is 3.76. The normalized spacial score (nSPS) is 10.5. The molecule has 3 heterocycles. The summed E-state index contributed by atoms with van der Waals surface area (Å²) in [4.78, 5) is 27.4. The first-order valence-electron chi connectivity index (χ1n) is 6.89. The van der Waals surface area contributed by atoms with Crippen molar-refractivity contribution in [3.8, 4) is 11.1 Å². The van der Waals surface area contributed by atoms with Crippen molar-refractivity contribution in [3.63, 3.8) is 0 Å². The van der Waals surface area contributed by atoms with Gasteiger partial charge in [0.25, 0.3) is 5.56 Å². The van der Waals surface area contributed by atoms with Crippen molar-refractivity contribution >= 4 is 17.8 Å². The molecule has 0 unspecified atom stereocenters. The van der Waals surface area contributed by atoms with Gasteiger partial charge < -0.3 is 14.4 Å². The van der Waals surface area contributed by atoms with Crippen molar-refractivity contribution in [3.05, 3.63) is 58.5 Å². The average Bonchev–Trinajstić information content (AvgIpc) is 2.96. The van der Waals surface area contributed by atoms with Gasteiger partial charge in [-0.2, -0.15) is 0 Å². The standard InChI is InChI=1S/C16H14N4O3/c1-10-5-15(19-23-10)18-14-6-11(8-20(2)16(14)22)13-3-4-17-7-12(13)9-21/h3-9H,1-2H3,(H,18,19). The molecular weight excluding hydrogens is 296 g/mol. The fraction of sp³-hybridized carbons (Fsp3) is 0.125. The van der Waals surface area contributed by atoms with E-state index in [2.05, 4.69) is 15.5 Å². The Morgan fingerprint density at radius 1 is 1.35 bits per heavy atom. The molecule has 7 nitrogen and oxygen atoms in total. The summed E-state index contributed by atoms with van der Waals surface area (Å²) in [7, 11) is 1.65. The third-order valence-corrected chi connectivity index (χ3v) is 3.36. The quantitative estimate of drug-likeness (QED) is 0.744. The van der Waals surface area contributed by atoms with Crippen molar-refractivity contribution in [1.29, 1.82) is 0 Å². The van der Waals surface area contributed by atoms with E-state index in [0.29, 0.717) is 28.4 Å². The van der Waals surface area contributed by atoms with E-state index < -0.39 is 0 Å². The van der Waals surface area contributed by atoms with Gasteiger partial charge in [0.05, 0.1) is 0 Å². The fourth-order valence-corrected chi connectivity index (χ4v) is 2.28. The van der Waals surface area contributed by atoms with E-state index in [1.807, 2.05) is 0 Å². The number of pyridine rings is 2. The summed E-state index contributed by atoms with van der Waals surface area (Å²) >= 11 is 0. The van der Waals surface area contributed by atoms with Gasteiger partial charge >= 0.3 is 0 Å². The van der Waals surface area contributed by atoms with E-state index in [0.717, 1.165) is 11.8 Å². The van der Waals surface area contributed by atoms with Gasteiger partial charge in [0.1, 0.15) is 11.4 Å². The average molecular weight is 310 g/mol. The summed E-state index contributed by atoms with van der Waals surface area (Å²) in [5.74, 6) is 1.08. The van der Waals surface area contributed by atoms with Gasteiger partial charge in [0, 0.05) is 42.8 Å². The minimum absolute atomic E-state index is 0.212. The van der Waals surface area contributed by atoms with E-state index in [1.54, 1.807) is 44.6 Å². The van der Waals surface area contributed by atoms with Crippen molar-refractivity contribution in [2.75, 3.05) is 5.32 Å². The van der Waals surface area contributed by atoms with Gasteiger partial charge in [-0.15, -0.1) is 0 Å². The smallest absolute Gasteiger partial charge is 0.274 e. The second kappa shape index (κ2) is 5.88. The molecule has 0 radical (unpaired) electrons. The number of anilines is 2. The number of hydrogen-bond donors (Lipinski definition) is 1. The van der Waals surface area contributed by atoms with E-state index >= 15 is 0 Å². The first kappa shape index (κ1) is 14.7. The molecule has 0 atom stereocenters. The molecule has 0 aliphatic heterocycles. The summed E-state index contributed by atoms with van der Waals surface area (Å²) < 4.78 is 6.43. The molecule has 0 aliphatic carbocycles. The van der Waals surface area contributed by atoms with Gasteiger partial charge in [0.2, 0.25) is 0 Å². The summed E-state index contributed by atoms with van der Waals surface area (Å²) in [5.41, 5.74) is 2.00. The highest BCUT2D eigenvalue weighted by Crippen LogP contribution is 2.24. The van der Waals surface area contributed by atoms with Crippen LogP contribution in [0.3, 0.4) is 0 Å². The van der Waals surface area contributed by atoms with Crippen LogP contribution < -0.4 is 10.9 Å². The highest BCUT2D eigenvalue weighted by atomic mass is 16.5. The Hall–Kier alpha value is -3.22. The molecule has 0 aliphatic rings. The Bertz CT molecular complexity index is 927. The molecule has 3 aromatic heterocycles. The third kappa shape index (κ3) is 2.89. The van der Waals surface area contributed by atoms with Crippen LogP contribution in [0.5, 0.6) is 0 Å². The van der Waals surface area contributed by atoms with Crippen LogP contribution in [0.15, 0.2) is 46.1 Å². The van der Waals surface area contributed by atoms with Crippen LogP contribution in [-0.4, -0.2) is 21.0 Å². The molecular formula is C16H14N4O3. The summed E-state index contributed by atoms with van der Waals surface area (Å²) in [6, 6.07) is 5.09. The topological polar surface area (TPSA) is 90.0 Å². The monoisotopic (exact) mass is 310 g/mol. The Labute approximate surface area is 131 Å². The lowest BCUT2D eigenvalue weighted by molar-refractivity contribution is 0.112. The van der Waals surface area contributed by atoms with Crippen molar-refractivity contribution in [1.82, 2.24) is 14.7 Å². The molecule has 0 fully saturated rings. The van der Waals surface area contributed by atoms with Crippen LogP contribution in [0, 0.1) is 6.92 Å². The molecule has 3 aromatic rings. The minimum Gasteiger partial charge on any atom is -0.360 e. The molecule has 1 N–H and O–H groups in total. The molecule has 0 bridgehead atoms. The van der Waals surface area contributed by atoms with Gasteiger partial charge in [-0.25, -0.2) is 0 Å². The van der Waals surface area contributed by atoms with E-state index in [4.69, 9.17) is 4.52 Å². The van der Waals surface area contributed by atoms with Gasteiger partial charge in [-0.3, -0.25) is 14.6 Å². The molecule has 116 valence electrons. The molecule has 7 heteroatoms. The molecule has 3 rings (SSSR count). The van der Waals surface area contributed by atoms with Gasteiger partial charge in [0.15, 0.2) is 12.1 Å². The summed E-state index contributed by atoms with van der Waals surface area (Å²) in [5, 5.41) is 6.76. The number of aldehydes is 1.